The second kappa shape index (κ2) is 8.70. The monoisotopic (exact) mass is 359 g/mol. The molecule has 0 spiro atoms. The smallest absolute Gasteiger partial charge is 0.248 e. The molecule has 24 heavy (non-hydrogen) atoms. The number of thioether (sulfide) groups is 1. The highest BCUT2D eigenvalue weighted by Crippen LogP contribution is 2.18. The summed E-state index contributed by atoms with van der Waals surface area (Å²) >= 11 is 6.69. The lowest BCUT2D eigenvalue weighted by Crippen LogP contribution is -2.44. The van der Waals surface area contributed by atoms with Crippen LogP contribution in [0.5, 0.6) is 0 Å². The number of nitrogens with one attached hydrogen (secondary N) is 3. The molecule has 6 heteroatoms. The van der Waals surface area contributed by atoms with Crippen molar-refractivity contribution < 1.29 is 4.79 Å². The molecular weight excluding hydrogens is 338 g/mol. The Hall–Kier alpha value is -2.05. The SMILES string of the molecule is Cc1ccc(SCC(=O)NNC(=S)Nc2cc(C)ccc2C)cc1. The summed E-state index contributed by atoms with van der Waals surface area (Å²) in [4.78, 5) is 12.9. The van der Waals surface area contributed by atoms with Crippen LogP contribution in [-0.4, -0.2) is 16.8 Å². The van der Waals surface area contributed by atoms with Gasteiger partial charge in [0, 0.05) is 10.6 Å². The van der Waals surface area contributed by atoms with Crippen LogP contribution in [0.1, 0.15) is 16.7 Å². The minimum atomic E-state index is -0.134. The van der Waals surface area contributed by atoms with E-state index < -0.39 is 0 Å². The topological polar surface area (TPSA) is 53.2 Å². The van der Waals surface area contributed by atoms with E-state index in [4.69, 9.17) is 12.2 Å². The van der Waals surface area contributed by atoms with Gasteiger partial charge in [0.2, 0.25) is 5.91 Å². The number of rotatable bonds is 4. The van der Waals surface area contributed by atoms with E-state index in [1.54, 1.807) is 0 Å². The van der Waals surface area contributed by atoms with Gasteiger partial charge in [0.25, 0.3) is 0 Å². The molecule has 0 saturated carbocycles. The quantitative estimate of drug-likeness (QED) is 0.441. The molecule has 0 aromatic heterocycles. The average molecular weight is 360 g/mol. The standard InChI is InChI=1S/C18H21N3OS2/c1-12-5-8-15(9-6-12)24-11-17(22)20-21-18(23)19-16-10-13(2)4-7-14(16)3/h4-10H,11H2,1-3H3,(H,20,22)(H2,19,21,23). The van der Waals surface area contributed by atoms with Crippen molar-refractivity contribution in [1.82, 2.24) is 10.9 Å². The molecule has 0 unspecified atom stereocenters. The highest BCUT2D eigenvalue weighted by molar-refractivity contribution is 8.00. The van der Waals surface area contributed by atoms with Crippen LogP contribution >= 0.6 is 24.0 Å². The van der Waals surface area contributed by atoms with Gasteiger partial charge in [-0.1, -0.05) is 29.8 Å². The van der Waals surface area contributed by atoms with Crippen LogP contribution in [0.3, 0.4) is 0 Å². The zero-order valence-electron chi connectivity index (χ0n) is 14.0. The van der Waals surface area contributed by atoms with E-state index in [1.165, 1.54) is 17.3 Å². The van der Waals surface area contributed by atoms with E-state index in [2.05, 4.69) is 16.2 Å². The Morgan fingerprint density at radius 2 is 1.67 bits per heavy atom. The number of carbonyl (C=O) groups excluding carboxylic acids is 1. The number of thiocarbonyl (C=S) groups is 1. The summed E-state index contributed by atoms with van der Waals surface area (Å²) < 4.78 is 0. The van der Waals surface area contributed by atoms with Gasteiger partial charge in [0.05, 0.1) is 5.75 Å². The zero-order chi connectivity index (χ0) is 17.5. The number of aryl methyl sites for hydroxylation is 3. The Kier molecular flexibility index (Phi) is 6.63. The lowest BCUT2D eigenvalue weighted by Gasteiger charge is -2.13. The van der Waals surface area contributed by atoms with Gasteiger partial charge in [-0.25, -0.2) is 0 Å². The van der Waals surface area contributed by atoms with Crippen LogP contribution < -0.4 is 16.2 Å². The molecule has 0 bridgehead atoms. The van der Waals surface area contributed by atoms with Crippen LogP contribution in [0.2, 0.25) is 0 Å². The lowest BCUT2D eigenvalue weighted by molar-refractivity contribution is -0.119. The number of carbonyl (C=O) groups is 1. The molecule has 1 amide bonds. The molecule has 0 aliphatic rings. The Morgan fingerprint density at radius 1 is 1.00 bits per heavy atom. The van der Waals surface area contributed by atoms with Crippen molar-refractivity contribution in [1.29, 1.82) is 0 Å². The van der Waals surface area contributed by atoms with Crippen molar-refractivity contribution >= 4 is 40.7 Å². The maximum atomic E-state index is 11.9. The van der Waals surface area contributed by atoms with Crippen LogP contribution in [0.4, 0.5) is 5.69 Å². The molecule has 0 fully saturated rings. The van der Waals surface area contributed by atoms with Gasteiger partial charge in [-0.15, -0.1) is 11.8 Å². The lowest BCUT2D eigenvalue weighted by atomic mass is 10.1. The first-order valence-corrected chi connectivity index (χ1v) is 8.96. The molecule has 4 nitrogen and oxygen atoms in total. The first kappa shape index (κ1) is 18.3. The average Bonchev–Trinajstić information content (AvgIpc) is 2.56. The molecule has 2 aromatic rings. The fourth-order valence-corrected chi connectivity index (χ4v) is 2.83. The maximum absolute atomic E-state index is 11.9. The highest BCUT2D eigenvalue weighted by atomic mass is 32.2. The largest absolute Gasteiger partial charge is 0.331 e. The normalized spacial score (nSPS) is 10.1. The molecule has 3 N–H and O–H groups in total. The minimum Gasteiger partial charge on any atom is -0.331 e. The second-order valence-corrected chi connectivity index (χ2v) is 7.00. The van der Waals surface area contributed by atoms with Gasteiger partial charge in [0.1, 0.15) is 0 Å². The molecule has 0 aliphatic carbocycles. The third kappa shape index (κ3) is 5.86. The van der Waals surface area contributed by atoms with Gasteiger partial charge in [-0.05, 0) is 62.3 Å². The first-order valence-electron chi connectivity index (χ1n) is 7.56. The summed E-state index contributed by atoms with van der Waals surface area (Å²) in [6.07, 6.45) is 0. The fourth-order valence-electron chi connectivity index (χ4n) is 1.97. The number of hydrogen-bond donors (Lipinski definition) is 3. The van der Waals surface area contributed by atoms with Gasteiger partial charge < -0.3 is 5.32 Å². The molecule has 0 saturated heterocycles. The zero-order valence-corrected chi connectivity index (χ0v) is 15.6. The predicted octanol–water partition coefficient (Wildman–Crippen LogP) is 3.72. The van der Waals surface area contributed by atoms with E-state index in [9.17, 15) is 4.79 Å². The van der Waals surface area contributed by atoms with Crippen LogP contribution in [0.25, 0.3) is 0 Å². The Labute approximate surface area is 152 Å². The number of anilines is 1. The number of hydrazine groups is 1. The van der Waals surface area contributed by atoms with Gasteiger partial charge >= 0.3 is 0 Å². The second-order valence-electron chi connectivity index (χ2n) is 5.55. The van der Waals surface area contributed by atoms with Crippen molar-refractivity contribution in [3.05, 3.63) is 59.2 Å². The maximum Gasteiger partial charge on any atom is 0.248 e. The molecule has 0 atom stereocenters. The molecular formula is C18H21N3OS2. The Bertz CT molecular complexity index is 730. The van der Waals surface area contributed by atoms with Crippen molar-refractivity contribution in [3.63, 3.8) is 0 Å². The predicted molar refractivity (Wildman–Crippen MR) is 105 cm³/mol. The van der Waals surface area contributed by atoms with Crippen LogP contribution in [0, 0.1) is 20.8 Å². The third-order valence-corrected chi connectivity index (χ3v) is 4.56. The third-order valence-electron chi connectivity index (χ3n) is 3.35. The highest BCUT2D eigenvalue weighted by Gasteiger charge is 2.05. The summed E-state index contributed by atoms with van der Waals surface area (Å²) in [5, 5.41) is 3.44. The van der Waals surface area contributed by atoms with Crippen molar-refractivity contribution in [2.75, 3.05) is 11.1 Å². The van der Waals surface area contributed by atoms with Gasteiger partial charge in [-0.3, -0.25) is 15.6 Å². The van der Waals surface area contributed by atoms with E-state index in [0.29, 0.717) is 10.9 Å². The van der Waals surface area contributed by atoms with Gasteiger partial charge in [0.15, 0.2) is 5.11 Å². The first-order chi connectivity index (χ1) is 11.4. The number of hydrogen-bond acceptors (Lipinski definition) is 3. The minimum absolute atomic E-state index is 0.134. The van der Waals surface area contributed by atoms with E-state index in [1.807, 2.05) is 63.2 Å². The Morgan fingerprint density at radius 3 is 2.38 bits per heavy atom. The molecule has 2 aromatic carbocycles. The van der Waals surface area contributed by atoms with Crippen molar-refractivity contribution in [2.24, 2.45) is 0 Å². The van der Waals surface area contributed by atoms with Crippen LogP contribution in [-0.2, 0) is 4.79 Å². The summed E-state index contributed by atoms with van der Waals surface area (Å²) in [5.74, 6) is 0.188. The number of benzene rings is 2. The summed E-state index contributed by atoms with van der Waals surface area (Å²) in [5.41, 5.74) is 9.70. The number of amides is 1. The fraction of sp³-hybridized carbons (Fsp3) is 0.222. The van der Waals surface area contributed by atoms with E-state index in [-0.39, 0.29) is 5.91 Å². The van der Waals surface area contributed by atoms with E-state index >= 15 is 0 Å². The van der Waals surface area contributed by atoms with Crippen molar-refractivity contribution in [2.45, 2.75) is 25.7 Å². The molecule has 2 rings (SSSR count). The summed E-state index contributed by atoms with van der Waals surface area (Å²) in [7, 11) is 0. The van der Waals surface area contributed by atoms with E-state index in [0.717, 1.165) is 21.7 Å². The molecule has 0 radical (unpaired) electrons. The summed E-state index contributed by atoms with van der Waals surface area (Å²) in [6, 6.07) is 14.2. The molecule has 0 heterocycles. The van der Waals surface area contributed by atoms with Gasteiger partial charge in [-0.2, -0.15) is 0 Å². The molecule has 126 valence electrons. The Balaban J connectivity index is 1.75. The van der Waals surface area contributed by atoms with Crippen LogP contribution in [0.15, 0.2) is 47.4 Å². The molecule has 0 aliphatic heterocycles. The summed E-state index contributed by atoms with van der Waals surface area (Å²) in [6.45, 7) is 6.06. The van der Waals surface area contributed by atoms with Crippen molar-refractivity contribution in [3.8, 4) is 0 Å².